The van der Waals surface area contributed by atoms with Crippen LogP contribution in [-0.2, 0) is 28.4 Å². The molecule has 3 aromatic rings. The fraction of sp³-hybridized carbons (Fsp3) is 0.200. The Morgan fingerprint density at radius 2 is 1.89 bits per heavy atom. The average molecular weight is 399 g/mol. The second kappa shape index (κ2) is 8.37. The molecule has 0 aliphatic heterocycles. The van der Waals surface area contributed by atoms with E-state index in [2.05, 4.69) is 9.82 Å². The minimum Gasteiger partial charge on any atom is -0.462 e. The molecule has 0 unspecified atom stereocenters. The lowest BCUT2D eigenvalue weighted by molar-refractivity contribution is 0.0526. The summed E-state index contributed by atoms with van der Waals surface area (Å²) < 4.78 is 34.1. The molecule has 3 rings (SSSR count). The third-order valence-electron chi connectivity index (χ3n) is 4.10. The SMILES string of the molecule is CCOC(=O)c1cccc(-c2ccc(S(=O)(=O)NCc3cnn(C)c3)cc2)c1. The minimum atomic E-state index is -3.64. The van der Waals surface area contributed by atoms with Crippen LogP contribution in [0.25, 0.3) is 11.1 Å². The van der Waals surface area contributed by atoms with Gasteiger partial charge in [-0.2, -0.15) is 5.10 Å². The fourth-order valence-corrected chi connectivity index (χ4v) is 3.71. The van der Waals surface area contributed by atoms with Crippen LogP contribution >= 0.6 is 0 Å². The lowest BCUT2D eigenvalue weighted by Gasteiger charge is -2.08. The molecule has 1 heterocycles. The van der Waals surface area contributed by atoms with Gasteiger partial charge in [0.2, 0.25) is 10.0 Å². The molecule has 0 amide bonds. The number of ether oxygens (including phenoxy) is 1. The number of sulfonamides is 1. The first-order chi connectivity index (χ1) is 13.4. The number of carbonyl (C=O) groups excluding carboxylic acids is 1. The number of benzene rings is 2. The van der Waals surface area contributed by atoms with E-state index in [1.54, 1.807) is 61.4 Å². The summed E-state index contributed by atoms with van der Waals surface area (Å²) in [6.45, 7) is 2.23. The number of carbonyl (C=O) groups is 1. The predicted molar refractivity (Wildman–Crippen MR) is 105 cm³/mol. The number of hydrogen-bond donors (Lipinski definition) is 1. The van der Waals surface area contributed by atoms with E-state index in [0.29, 0.717) is 12.2 Å². The summed E-state index contributed by atoms with van der Waals surface area (Å²) in [4.78, 5) is 12.1. The first-order valence-corrected chi connectivity index (χ1v) is 10.2. The summed E-state index contributed by atoms with van der Waals surface area (Å²) in [5.74, 6) is -0.386. The first kappa shape index (κ1) is 19.8. The highest BCUT2D eigenvalue weighted by Crippen LogP contribution is 2.23. The minimum absolute atomic E-state index is 0.166. The Hall–Kier alpha value is -2.97. The van der Waals surface area contributed by atoms with Crippen molar-refractivity contribution < 1.29 is 17.9 Å². The van der Waals surface area contributed by atoms with Gasteiger partial charge < -0.3 is 4.74 Å². The van der Waals surface area contributed by atoms with Gasteiger partial charge in [-0.15, -0.1) is 0 Å². The van der Waals surface area contributed by atoms with Crippen molar-refractivity contribution in [3.05, 3.63) is 72.1 Å². The zero-order valence-corrected chi connectivity index (χ0v) is 16.4. The number of rotatable bonds is 7. The molecule has 0 aliphatic carbocycles. The molecule has 0 saturated carbocycles. The summed E-state index contributed by atoms with van der Waals surface area (Å²) >= 11 is 0. The van der Waals surface area contributed by atoms with Gasteiger partial charge in [-0.3, -0.25) is 4.68 Å². The molecule has 0 spiro atoms. The monoisotopic (exact) mass is 399 g/mol. The smallest absolute Gasteiger partial charge is 0.338 e. The van der Waals surface area contributed by atoms with Gasteiger partial charge in [0.05, 0.1) is 23.3 Å². The summed E-state index contributed by atoms with van der Waals surface area (Å²) in [7, 11) is -1.87. The average Bonchev–Trinajstić information content (AvgIpc) is 3.12. The maximum absolute atomic E-state index is 12.5. The van der Waals surface area contributed by atoms with E-state index in [-0.39, 0.29) is 17.4 Å². The molecule has 0 radical (unpaired) electrons. The number of nitrogens with zero attached hydrogens (tertiary/aromatic N) is 2. The molecular weight excluding hydrogens is 378 g/mol. The molecular formula is C20H21N3O4S. The highest BCUT2D eigenvalue weighted by molar-refractivity contribution is 7.89. The normalized spacial score (nSPS) is 11.4. The van der Waals surface area contributed by atoms with Gasteiger partial charge in [-0.1, -0.05) is 24.3 Å². The number of esters is 1. The summed E-state index contributed by atoms with van der Waals surface area (Å²) in [5, 5.41) is 4.02. The van der Waals surface area contributed by atoms with Gasteiger partial charge in [-0.05, 0) is 42.3 Å². The Morgan fingerprint density at radius 1 is 1.14 bits per heavy atom. The van der Waals surface area contributed by atoms with E-state index in [1.807, 2.05) is 6.07 Å². The van der Waals surface area contributed by atoms with E-state index in [4.69, 9.17) is 4.74 Å². The molecule has 0 saturated heterocycles. The zero-order valence-electron chi connectivity index (χ0n) is 15.6. The second-order valence-corrected chi connectivity index (χ2v) is 7.94. The molecule has 0 fully saturated rings. The first-order valence-electron chi connectivity index (χ1n) is 8.74. The Bertz CT molecular complexity index is 1070. The third kappa shape index (κ3) is 4.65. The third-order valence-corrected chi connectivity index (χ3v) is 5.51. The van der Waals surface area contributed by atoms with Crippen molar-refractivity contribution in [2.24, 2.45) is 7.05 Å². The van der Waals surface area contributed by atoms with Crippen LogP contribution in [0.4, 0.5) is 0 Å². The summed E-state index contributed by atoms with van der Waals surface area (Å²) in [6, 6.07) is 13.5. The largest absolute Gasteiger partial charge is 0.462 e. The highest BCUT2D eigenvalue weighted by Gasteiger charge is 2.14. The maximum atomic E-state index is 12.5. The van der Waals surface area contributed by atoms with E-state index < -0.39 is 10.0 Å². The second-order valence-electron chi connectivity index (χ2n) is 6.17. The van der Waals surface area contributed by atoms with Crippen LogP contribution in [0.5, 0.6) is 0 Å². The van der Waals surface area contributed by atoms with E-state index in [9.17, 15) is 13.2 Å². The van der Waals surface area contributed by atoms with Crippen molar-refractivity contribution >= 4 is 16.0 Å². The Labute approximate surface area is 164 Å². The maximum Gasteiger partial charge on any atom is 0.338 e. The van der Waals surface area contributed by atoms with Crippen molar-refractivity contribution in [2.45, 2.75) is 18.4 Å². The quantitative estimate of drug-likeness (QED) is 0.617. The summed E-state index contributed by atoms with van der Waals surface area (Å²) in [5.41, 5.74) is 2.84. The standard InChI is InChI=1S/C20H21N3O4S/c1-3-27-20(24)18-6-4-5-17(11-18)16-7-9-19(10-8-16)28(25,26)22-13-15-12-21-23(2)14-15/h4-12,14,22H,3,13H2,1-2H3. The predicted octanol–water partition coefficient (Wildman–Crippen LogP) is 2.74. The van der Waals surface area contributed by atoms with Crippen LogP contribution in [-0.4, -0.2) is 30.8 Å². The zero-order chi connectivity index (χ0) is 20.1. The van der Waals surface area contributed by atoms with E-state index >= 15 is 0 Å². The lowest BCUT2D eigenvalue weighted by atomic mass is 10.0. The molecule has 28 heavy (non-hydrogen) atoms. The van der Waals surface area contributed by atoms with Crippen LogP contribution in [0, 0.1) is 0 Å². The molecule has 2 aromatic carbocycles. The van der Waals surface area contributed by atoms with Crippen LogP contribution < -0.4 is 4.72 Å². The molecule has 0 bridgehead atoms. The van der Waals surface area contributed by atoms with Gasteiger partial charge >= 0.3 is 5.97 Å². The van der Waals surface area contributed by atoms with Crippen molar-refractivity contribution in [3.63, 3.8) is 0 Å². The Balaban J connectivity index is 1.75. The van der Waals surface area contributed by atoms with Crippen molar-refractivity contribution in [1.82, 2.24) is 14.5 Å². The highest BCUT2D eigenvalue weighted by atomic mass is 32.2. The van der Waals surface area contributed by atoms with Gasteiger partial charge in [-0.25, -0.2) is 17.9 Å². The van der Waals surface area contributed by atoms with Gasteiger partial charge in [0, 0.05) is 25.4 Å². The lowest BCUT2D eigenvalue weighted by Crippen LogP contribution is -2.23. The number of aromatic nitrogens is 2. The van der Waals surface area contributed by atoms with Gasteiger partial charge in [0.15, 0.2) is 0 Å². The topological polar surface area (TPSA) is 90.3 Å². The fourth-order valence-electron chi connectivity index (χ4n) is 2.69. The van der Waals surface area contributed by atoms with Crippen molar-refractivity contribution in [1.29, 1.82) is 0 Å². The van der Waals surface area contributed by atoms with Crippen LogP contribution in [0.1, 0.15) is 22.8 Å². The van der Waals surface area contributed by atoms with Crippen LogP contribution in [0.15, 0.2) is 65.8 Å². The van der Waals surface area contributed by atoms with Gasteiger partial charge in [0.25, 0.3) is 0 Å². The number of nitrogens with one attached hydrogen (secondary N) is 1. The number of aryl methyl sites for hydroxylation is 1. The Morgan fingerprint density at radius 3 is 2.54 bits per heavy atom. The molecule has 1 N–H and O–H groups in total. The van der Waals surface area contributed by atoms with Crippen molar-refractivity contribution in [2.75, 3.05) is 6.61 Å². The summed E-state index contributed by atoms with van der Waals surface area (Å²) in [6.07, 6.45) is 3.37. The molecule has 0 aliphatic rings. The van der Waals surface area contributed by atoms with Crippen molar-refractivity contribution in [3.8, 4) is 11.1 Å². The van der Waals surface area contributed by atoms with E-state index in [1.165, 1.54) is 12.1 Å². The number of hydrogen-bond acceptors (Lipinski definition) is 5. The molecule has 0 atom stereocenters. The van der Waals surface area contributed by atoms with Gasteiger partial charge in [0.1, 0.15) is 0 Å². The van der Waals surface area contributed by atoms with Crippen LogP contribution in [0.2, 0.25) is 0 Å². The molecule has 7 nitrogen and oxygen atoms in total. The van der Waals surface area contributed by atoms with Crippen LogP contribution in [0.3, 0.4) is 0 Å². The molecule has 8 heteroatoms. The molecule has 146 valence electrons. The molecule has 1 aromatic heterocycles. The Kier molecular flexibility index (Phi) is 5.91. The van der Waals surface area contributed by atoms with E-state index in [0.717, 1.165) is 16.7 Å².